The number of carbonyl (C=O) groups excluding carboxylic acids is 2. The molecule has 1 atom stereocenters. The molecule has 2 amide bonds. The topological polar surface area (TPSA) is 118 Å². The molecule has 2 aliphatic heterocycles. The Morgan fingerprint density at radius 3 is 2.52 bits per heavy atom. The Kier molecular flexibility index (Phi) is 7.39. The Morgan fingerprint density at radius 2 is 1.80 bits per heavy atom. The fourth-order valence-electron chi connectivity index (χ4n) is 4.00. The molecule has 0 spiro atoms. The number of amides is 2. The van der Waals surface area contributed by atoms with Crippen LogP contribution in [0, 0.1) is 0 Å². The zero-order valence-electron chi connectivity index (χ0n) is 20.5. The summed E-state index contributed by atoms with van der Waals surface area (Å²) in [4.78, 5) is 43.1. The highest BCUT2D eigenvalue weighted by molar-refractivity contribution is 8.15. The highest BCUT2D eigenvalue weighted by Gasteiger charge is 2.37. The van der Waals surface area contributed by atoms with Gasteiger partial charge in [-0.2, -0.15) is 13.2 Å². The van der Waals surface area contributed by atoms with Crippen LogP contribution in [-0.4, -0.2) is 45.0 Å². The molecule has 3 aromatic rings. The number of carbonyl (C=O) groups is 3. The lowest BCUT2D eigenvalue weighted by Crippen LogP contribution is -2.44. The number of thioether (sulfide) groups is 1. The van der Waals surface area contributed by atoms with Crippen LogP contribution in [0.4, 0.5) is 24.5 Å². The first kappa shape index (κ1) is 27.1. The maximum atomic E-state index is 13.3. The largest absolute Gasteiger partial charge is 0.478 e. The fourth-order valence-corrected chi connectivity index (χ4v) is 5.10. The molecule has 0 radical (unpaired) electrons. The molecule has 1 fully saturated rings. The molecule has 13 heteroatoms. The number of nitrogens with zero attached hydrogens (tertiary/aromatic N) is 2. The van der Waals surface area contributed by atoms with Crippen molar-refractivity contribution in [3.8, 4) is 11.5 Å². The van der Waals surface area contributed by atoms with Gasteiger partial charge in [-0.05, 0) is 60.2 Å². The number of hydrogen-bond acceptors (Lipinski definition) is 7. The van der Waals surface area contributed by atoms with Crippen molar-refractivity contribution >= 4 is 46.1 Å². The van der Waals surface area contributed by atoms with E-state index in [-0.39, 0.29) is 36.2 Å². The zero-order chi connectivity index (χ0) is 28.4. The summed E-state index contributed by atoms with van der Waals surface area (Å²) in [5, 5.41) is 10.8. The van der Waals surface area contributed by atoms with Gasteiger partial charge in [0.2, 0.25) is 18.6 Å². The average Bonchev–Trinajstić information content (AvgIpc) is 3.38. The molecule has 5 rings (SSSR count). The van der Waals surface area contributed by atoms with Gasteiger partial charge in [-0.15, -0.1) is 0 Å². The Bertz CT molecular complexity index is 1510. The molecular weight excluding hydrogens is 551 g/mol. The average molecular weight is 572 g/mol. The lowest BCUT2D eigenvalue weighted by molar-refractivity contribution is -0.137. The minimum Gasteiger partial charge on any atom is -0.478 e. The number of carboxylic acid groups (broad SMARTS) is 1. The summed E-state index contributed by atoms with van der Waals surface area (Å²) in [6.07, 6.45) is -4.79. The summed E-state index contributed by atoms with van der Waals surface area (Å²) < 4.78 is 50.6. The lowest BCUT2D eigenvalue weighted by atomic mass is 10.1. The predicted molar refractivity (Wildman–Crippen MR) is 140 cm³/mol. The van der Waals surface area contributed by atoms with Crippen molar-refractivity contribution in [2.45, 2.75) is 24.4 Å². The maximum absolute atomic E-state index is 13.3. The number of halogens is 3. The van der Waals surface area contributed by atoms with Gasteiger partial charge in [0.25, 0.3) is 0 Å². The van der Waals surface area contributed by atoms with Crippen molar-refractivity contribution < 1.29 is 42.1 Å². The smallest absolute Gasteiger partial charge is 0.416 e. The molecular formula is C27H20F3N3O6S. The third-order valence-electron chi connectivity index (χ3n) is 6.01. The summed E-state index contributed by atoms with van der Waals surface area (Å²) in [5.41, 5.74) is 0.0856. The molecule has 0 bridgehead atoms. The van der Waals surface area contributed by atoms with Crippen LogP contribution in [0.2, 0.25) is 0 Å². The summed E-state index contributed by atoms with van der Waals surface area (Å²) in [7, 11) is 0. The Hall–Kier alpha value is -4.52. The summed E-state index contributed by atoms with van der Waals surface area (Å²) in [6.45, 7) is 0.0978. The molecule has 9 nitrogen and oxygen atoms in total. The van der Waals surface area contributed by atoms with E-state index >= 15 is 0 Å². The molecule has 3 aromatic carbocycles. The molecule has 2 N–H and O–H groups in total. The number of fused-ring (bicyclic) bond motifs is 1. The second-order valence-electron chi connectivity index (χ2n) is 8.79. The number of amidine groups is 1. The SMILES string of the molecule is O=C(O)c1ccc(NC(=O)[C@H]2CC(=O)N(Cc3ccc4c(c3)OCO4)C(=Nc3cccc(C(F)(F)F)c3)S2)cc1. The van der Waals surface area contributed by atoms with Crippen molar-refractivity contribution in [1.29, 1.82) is 0 Å². The van der Waals surface area contributed by atoms with Gasteiger partial charge >= 0.3 is 12.1 Å². The van der Waals surface area contributed by atoms with Crippen LogP contribution in [0.1, 0.15) is 27.9 Å². The first-order chi connectivity index (χ1) is 19.1. The van der Waals surface area contributed by atoms with Crippen molar-refractivity contribution in [3.05, 3.63) is 83.4 Å². The van der Waals surface area contributed by atoms with E-state index in [4.69, 9.17) is 14.6 Å². The maximum Gasteiger partial charge on any atom is 0.416 e. The van der Waals surface area contributed by atoms with Crippen molar-refractivity contribution in [2.24, 2.45) is 4.99 Å². The monoisotopic (exact) mass is 571 g/mol. The number of nitrogens with one attached hydrogen (secondary N) is 1. The Balaban J connectivity index is 1.42. The van der Waals surface area contributed by atoms with Gasteiger partial charge in [0.05, 0.1) is 23.4 Å². The second-order valence-corrected chi connectivity index (χ2v) is 9.96. The fraction of sp³-hybridized carbons (Fsp3) is 0.185. The van der Waals surface area contributed by atoms with Gasteiger partial charge in [0.15, 0.2) is 16.7 Å². The van der Waals surface area contributed by atoms with E-state index in [1.807, 2.05) is 0 Å². The van der Waals surface area contributed by atoms with Gasteiger partial charge < -0.3 is 19.9 Å². The first-order valence-electron chi connectivity index (χ1n) is 11.8. The first-order valence-corrected chi connectivity index (χ1v) is 12.7. The highest BCUT2D eigenvalue weighted by atomic mass is 32.2. The van der Waals surface area contributed by atoms with Crippen LogP contribution < -0.4 is 14.8 Å². The number of anilines is 1. The van der Waals surface area contributed by atoms with Crippen molar-refractivity contribution in [3.63, 3.8) is 0 Å². The van der Waals surface area contributed by atoms with Gasteiger partial charge in [0, 0.05) is 12.1 Å². The van der Waals surface area contributed by atoms with E-state index in [2.05, 4.69) is 10.3 Å². The third-order valence-corrected chi connectivity index (χ3v) is 7.20. The number of alkyl halides is 3. The summed E-state index contributed by atoms with van der Waals surface area (Å²) in [6, 6.07) is 15.0. The highest BCUT2D eigenvalue weighted by Crippen LogP contribution is 2.36. The second kappa shape index (κ2) is 10.9. The van der Waals surface area contributed by atoms with Gasteiger partial charge in [-0.3, -0.25) is 14.5 Å². The van der Waals surface area contributed by atoms with Gasteiger partial charge in [-0.1, -0.05) is 23.9 Å². The van der Waals surface area contributed by atoms with Crippen LogP contribution in [0.5, 0.6) is 11.5 Å². The normalized spacial score (nSPS) is 17.7. The molecule has 0 unspecified atom stereocenters. The van der Waals surface area contributed by atoms with Crippen molar-refractivity contribution in [2.75, 3.05) is 12.1 Å². The van der Waals surface area contributed by atoms with Crippen molar-refractivity contribution in [1.82, 2.24) is 4.90 Å². The Morgan fingerprint density at radius 1 is 1.05 bits per heavy atom. The third kappa shape index (κ3) is 6.04. The number of ether oxygens (including phenoxy) is 2. The molecule has 0 aliphatic carbocycles. The minimum atomic E-state index is -4.59. The molecule has 40 heavy (non-hydrogen) atoms. The molecule has 0 saturated carbocycles. The standard InChI is InChI=1S/C27H20F3N3O6S/c28-27(29,30)17-2-1-3-19(11-17)32-26-33(13-15-4-9-20-21(10-15)39-14-38-20)23(34)12-22(40-26)24(35)31-18-7-5-16(6-8-18)25(36)37/h1-11,22H,12-14H2,(H,31,35)(H,36,37)/t22-/m1/s1. The minimum absolute atomic E-state index is 0.0330. The number of hydrogen-bond donors (Lipinski definition) is 2. The number of aliphatic imine (C=N–C) groups is 1. The number of aromatic carboxylic acids is 1. The van der Waals surface area contributed by atoms with E-state index in [1.54, 1.807) is 18.2 Å². The van der Waals surface area contributed by atoms with Gasteiger partial charge in [-0.25, -0.2) is 9.79 Å². The molecule has 206 valence electrons. The predicted octanol–water partition coefficient (Wildman–Crippen LogP) is 5.29. The number of benzene rings is 3. The van der Waals surface area contributed by atoms with Gasteiger partial charge in [0.1, 0.15) is 5.25 Å². The van der Waals surface area contributed by atoms with E-state index < -0.39 is 34.8 Å². The molecule has 2 aliphatic rings. The van der Waals surface area contributed by atoms with Crippen LogP contribution >= 0.6 is 11.8 Å². The van der Waals surface area contributed by atoms with E-state index in [9.17, 15) is 27.6 Å². The quantitative estimate of drug-likeness (QED) is 0.413. The van der Waals surface area contributed by atoms with Crippen LogP contribution in [0.25, 0.3) is 0 Å². The van der Waals surface area contributed by atoms with E-state index in [0.29, 0.717) is 22.7 Å². The summed E-state index contributed by atoms with van der Waals surface area (Å²) in [5.74, 6) is -1.07. The van der Waals surface area contributed by atoms with E-state index in [1.165, 1.54) is 41.3 Å². The number of rotatable bonds is 6. The molecule has 0 aromatic heterocycles. The van der Waals surface area contributed by atoms with Crippen LogP contribution in [0.3, 0.4) is 0 Å². The van der Waals surface area contributed by atoms with Crippen LogP contribution in [0.15, 0.2) is 71.7 Å². The zero-order valence-corrected chi connectivity index (χ0v) is 21.3. The Labute approximate surface area is 229 Å². The summed E-state index contributed by atoms with van der Waals surface area (Å²) >= 11 is 0.943. The van der Waals surface area contributed by atoms with Crippen LogP contribution in [-0.2, 0) is 22.3 Å². The molecule has 1 saturated heterocycles. The molecule has 2 heterocycles. The number of carboxylic acids is 1. The lowest BCUT2D eigenvalue weighted by Gasteiger charge is -2.32. The van der Waals surface area contributed by atoms with E-state index in [0.717, 1.165) is 23.9 Å².